The molecule has 1 aliphatic heterocycles. The number of thiophene rings is 1. The Labute approximate surface area is 129 Å². The number of amides is 1. The molecule has 0 radical (unpaired) electrons. The van der Waals surface area contributed by atoms with E-state index in [4.69, 9.17) is 0 Å². The number of anilines is 1. The van der Waals surface area contributed by atoms with Crippen LogP contribution in [0.2, 0.25) is 0 Å². The molecule has 0 spiro atoms. The van der Waals surface area contributed by atoms with Crippen LogP contribution < -0.4 is 4.90 Å². The van der Waals surface area contributed by atoms with E-state index in [2.05, 4.69) is 15.9 Å². The predicted molar refractivity (Wildman–Crippen MR) is 83.5 cm³/mol. The van der Waals surface area contributed by atoms with Gasteiger partial charge < -0.3 is 0 Å². The molecule has 0 saturated carbocycles. The van der Waals surface area contributed by atoms with E-state index in [1.165, 1.54) is 0 Å². The van der Waals surface area contributed by atoms with Crippen LogP contribution >= 0.6 is 27.3 Å². The smallest absolute Gasteiger partial charge is 0.299 e. The maximum Gasteiger partial charge on any atom is 0.299 e. The van der Waals surface area contributed by atoms with E-state index in [1.807, 2.05) is 37.4 Å². The second kappa shape index (κ2) is 4.82. The molecule has 1 aliphatic rings. The van der Waals surface area contributed by atoms with Gasteiger partial charge in [0.25, 0.3) is 11.7 Å². The lowest BCUT2D eigenvalue weighted by atomic mass is 10.0. The molecule has 3 rings (SSSR count). The topological polar surface area (TPSA) is 37.4 Å². The van der Waals surface area contributed by atoms with Gasteiger partial charge in [0.2, 0.25) is 0 Å². The summed E-state index contributed by atoms with van der Waals surface area (Å²) in [6.07, 6.45) is 0. The Balaban J connectivity index is 2.11. The van der Waals surface area contributed by atoms with E-state index < -0.39 is 11.7 Å². The highest BCUT2D eigenvalue weighted by Gasteiger charge is 2.38. The molecule has 3 nitrogen and oxygen atoms in total. The zero-order valence-corrected chi connectivity index (χ0v) is 13.5. The SMILES string of the molecule is Cc1ccc(C)c2c1C(=O)C(=O)N2Cc1sccc1Br. The largest absolute Gasteiger partial charge is 0.299 e. The number of carbonyl (C=O) groups is 2. The van der Waals surface area contributed by atoms with E-state index >= 15 is 0 Å². The van der Waals surface area contributed by atoms with Crippen molar-refractivity contribution in [2.75, 3.05) is 4.90 Å². The van der Waals surface area contributed by atoms with E-state index in [-0.39, 0.29) is 0 Å². The van der Waals surface area contributed by atoms with E-state index in [9.17, 15) is 9.59 Å². The minimum atomic E-state index is -0.433. The monoisotopic (exact) mass is 349 g/mol. The first-order valence-corrected chi connectivity index (χ1v) is 7.86. The lowest BCUT2D eigenvalue weighted by Gasteiger charge is -2.18. The quantitative estimate of drug-likeness (QED) is 0.772. The fourth-order valence-electron chi connectivity index (χ4n) is 2.49. The summed E-state index contributed by atoms with van der Waals surface area (Å²) in [5.41, 5.74) is 3.14. The molecule has 5 heteroatoms. The van der Waals surface area contributed by atoms with Crippen molar-refractivity contribution < 1.29 is 9.59 Å². The summed E-state index contributed by atoms with van der Waals surface area (Å²) in [6, 6.07) is 5.80. The Morgan fingerprint density at radius 1 is 1.15 bits per heavy atom. The number of benzene rings is 1. The van der Waals surface area contributed by atoms with Crippen LogP contribution in [0.15, 0.2) is 28.1 Å². The fraction of sp³-hybridized carbons (Fsp3) is 0.200. The molecule has 1 aromatic heterocycles. The van der Waals surface area contributed by atoms with Gasteiger partial charge in [-0.15, -0.1) is 11.3 Å². The van der Waals surface area contributed by atoms with Crippen molar-refractivity contribution in [2.24, 2.45) is 0 Å². The summed E-state index contributed by atoms with van der Waals surface area (Å²) in [5, 5.41) is 1.96. The molecule has 1 amide bonds. The summed E-state index contributed by atoms with van der Waals surface area (Å²) in [6.45, 7) is 4.23. The molecule has 2 aromatic rings. The van der Waals surface area contributed by atoms with Gasteiger partial charge in [0.05, 0.1) is 17.8 Å². The fourth-order valence-corrected chi connectivity index (χ4v) is 3.96. The van der Waals surface area contributed by atoms with Gasteiger partial charge >= 0.3 is 0 Å². The summed E-state index contributed by atoms with van der Waals surface area (Å²) in [5.74, 6) is -0.827. The molecule has 0 saturated heterocycles. The summed E-state index contributed by atoms with van der Waals surface area (Å²) < 4.78 is 0.974. The molecule has 0 fully saturated rings. The number of hydrogen-bond donors (Lipinski definition) is 0. The highest BCUT2D eigenvalue weighted by molar-refractivity contribution is 9.10. The van der Waals surface area contributed by atoms with Gasteiger partial charge in [-0.05, 0) is 52.4 Å². The molecule has 1 aromatic carbocycles. The first kappa shape index (κ1) is 13.5. The van der Waals surface area contributed by atoms with Crippen LogP contribution in [0.1, 0.15) is 26.4 Å². The number of ketones is 1. The summed E-state index contributed by atoms with van der Waals surface area (Å²) in [7, 11) is 0. The van der Waals surface area contributed by atoms with Crippen LogP contribution in [-0.2, 0) is 11.3 Å². The van der Waals surface area contributed by atoms with Gasteiger partial charge in [-0.2, -0.15) is 0 Å². The van der Waals surface area contributed by atoms with Gasteiger partial charge in [-0.1, -0.05) is 12.1 Å². The van der Waals surface area contributed by atoms with Crippen LogP contribution in [0, 0.1) is 13.8 Å². The molecule has 0 aliphatic carbocycles. The predicted octanol–water partition coefficient (Wildman–Crippen LogP) is 3.86. The number of carbonyl (C=O) groups excluding carboxylic acids is 2. The van der Waals surface area contributed by atoms with Crippen LogP contribution in [-0.4, -0.2) is 11.7 Å². The first-order chi connectivity index (χ1) is 9.50. The second-order valence-corrected chi connectivity index (χ2v) is 6.69. The minimum absolute atomic E-state index is 0.395. The normalized spacial score (nSPS) is 14.1. The van der Waals surface area contributed by atoms with Crippen LogP contribution in [0.3, 0.4) is 0 Å². The lowest BCUT2D eigenvalue weighted by Crippen LogP contribution is -2.29. The maximum absolute atomic E-state index is 12.3. The van der Waals surface area contributed by atoms with Crippen molar-refractivity contribution in [3.63, 3.8) is 0 Å². The zero-order valence-electron chi connectivity index (χ0n) is 11.1. The third-order valence-electron chi connectivity index (χ3n) is 3.52. The van der Waals surface area contributed by atoms with Crippen molar-refractivity contribution in [2.45, 2.75) is 20.4 Å². The molecular weight excluding hydrogens is 338 g/mol. The number of Topliss-reactive ketones (excluding diaryl/α,β-unsaturated/α-hetero) is 1. The Morgan fingerprint density at radius 2 is 1.85 bits per heavy atom. The molecular formula is C15H12BrNO2S. The highest BCUT2D eigenvalue weighted by atomic mass is 79.9. The van der Waals surface area contributed by atoms with Gasteiger partial charge in [0, 0.05) is 9.35 Å². The van der Waals surface area contributed by atoms with Gasteiger partial charge in [-0.25, -0.2) is 0 Å². The van der Waals surface area contributed by atoms with Crippen molar-refractivity contribution in [1.82, 2.24) is 0 Å². The summed E-state index contributed by atoms with van der Waals surface area (Å²) in [4.78, 5) is 27.1. The Morgan fingerprint density at radius 3 is 2.50 bits per heavy atom. The number of fused-ring (bicyclic) bond motifs is 1. The van der Waals surface area contributed by atoms with Gasteiger partial charge in [0.15, 0.2) is 0 Å². The van der Waals surface area contributed by atoms with Crippen molar-refractivity contribution in [1.29, 1.82) is 0 Å². The van der Waals surface area contributed by atoms with Gasteiger partial charge in [0.1, 0.15) is 0 Å². The molecule has 20 heavy (non-hydrogen) atoms. The molecule has 0 N–H and O–H groups in total. The molecule has 0 atom stereocenters. The summed E-state index contributed by atoms with van der Waals surface area (Å²) >= 11 is 5.04. The zero-order chi connectivity index (χ0) is 14.4. The Kier molecular flexibility index (Phi) is 3.26. The standard InChI is InChI=1S/C15H12BrNO2S/c1-8-3-4-9(2)13-12(8)14(18)15(19)17(13)7-11-10(16)5-6-20-11/h3-6H,7H2,1-2H3. The molecule has 2 heterocycles. The Bertz CT molecular complexity index is 735. The minimum Gasteiger partial charge on any atom is -0.299 e. The number of aryl methyl sites for hydroxylation is 2. The van der Waals surface area contributed by atoms with Crippen molar-refractivity contribution in [3.05, 3.63) is 49.6 Å². The van der Waals surface area contributed by atoms with Crippen LogP contribution in [0.4, 0.5) is 5.69 Å². The first-order valence-electron chi connectivity index (χ1n) is 6.19. The van der Waals surface area contributed by atoms with Gasteiger partial charge in [-0.3, -0.25) is 14.5 Å². The van der Waals surface area contributed by atoms with E-state index in [1.54, 1.807) is 16.2 Å². The number of rotatable bonds is 2. The highest BCUT2D eigenvalue weighted by Crippen LogP contribution is 2.37. The van der Waals surface area contributed by atoms with Crippen molar-refractivity contribution in [3.8, 4) is 0 Å². The molecule has 0 bridgehead atoms. The molecule has 0 unspecified atom stereocenters. The van der Waals surface area contributed by atoms with Crippen LogP contribution in [0.5, 0.6) is 0 Å². The maximum atomic E-state index is 12.3. The average molecular weight is 350 g/mol. The Hall–Kier alpha value is -1.46. The lowest BCUT2D eigenvalue weighted by molar-refractivity contribution is -0.114. The molecule has 102 valence electrons. The number of hydrogen-bond acceptors (Lipinski definition) is 3. The third-order valence-corrected chi connectivity index (χ3v) is 5.43. The second-order valence-electron chi connectivity index (χ2n) is 4.84. The van der Waals surface area contributed by atoms with Crippen LogP contribution in [0.25, 0.3) is 0 Å². The van der Waals surface area contributed by atoms with E-state index in [0.29, 0.717) is 12.1 Å². The number of nitrogens with zero attached hydrogens (tertiary/aromatic N) is 1. The van der Waals surface area contributed by atoms with Crippen molar-refractivity contribution >= 4 is 44.6 Å². The average Bonchev–Trinajstić information content (AvgIpc) is 2.92. The number of halogens is 1. The van der Waals surface area contributed by atoms with E-state index in [0.717, 1.165) is 26.2 Å². The third kappa shape index (κ3) is 1.93.